The molecule has 0 aliphatic heterocycles. The number of amides is 1. The third-order valence-corrected chi connectivity index (χ3v) is 5.04. The molecule has 7 heteroatoms. The number of halogens is 2. The molecule has 1 aromatic heterocycles. The highest BCUT2D eigenvalue weighted by atomic mass is 35.5. The zero-order valence-electron chi connectivity index (χ0n) is 15.0. The average molecular weight is 404 g/mol. The number of carbonyl (C=O) groups excluding carboxylic acids is 1. The maximum absolute atomic E-state index is 12.7. The van der Waals surface area contributed by atoms with Gasteiger partial charge in [-0.15, -0.1) is 0 Å². The first-order valence-corrected chi connectivity index (χ1v) is 9.39. The van der Waals surface area contributed by atoms with E-state index in [1.165, 1.54) is 23.0 Å². The van der Waals surface area contributed by atoms with Gasteiger partial charge in [0.1, 0.15) is 6.54 Å². The number of aromatic nitrogens is 2. The molecule has 0 bridgehead atoms. The SMILES string of the molecule is CC[C@@H](C)c1ccccc1NC(=O)Cn1cnc2c(Cl)cc(Cl)cc2c1=O. The number of hydrogen-bond acceptors (Lipinski definition) is 3. The molecule has 1 atom stereocenters. The fourth-order valence-electron chi connectivity index (χ4n) is 2.91. The van der Waals surface area contributed by atoms with Crippen LogP contribution < -0.4 is 10.9 Å². The molecule has 1 amide bonds. The number of nitrogens with zero attached hydrogens (tertiary/aromatic N) is 2. The zero-order chi connectivity index (χ0) is 19.6. The van der Waals surface area contributed by atoms with Gasteiger partial charge in [0.25, 0.3) is 5.56 Å². The number of benzene rings is 2. The Morgan fingerprint density at radius 2 is 2.00 bits per heavy atom. The van der Waals surface area contributed by atoms with Crippen molar-refractivity contribution in [1.82, 2.24) is 9.55 Å². The Kier molecular flexibility index (Phi) is 5.82. The molecule has 27 heavy (non-hydrogen) atoms. The highest BCUT2D eigenvalue weighted by Gasteiger charge is 2.14. The van der Waals surface area contributed by atoms with Crippen LogP contribution >= 0.6 is 23.2 Å². The van der Waals surface area contributed by atoms with Gasteiger partial charge in [-0.05, 0) is 36.1 Å². The topological polar surface area (TPSA) is 64.0 Å². The van der Waals surface area contributed by atoms with Crippen molar-refractivity contribution in [2.45, 2.75) is 32.7 Å². The highest BCUT2D eigenvalue weighted by Crippen LogP contribution is 2.26. The molecule has 0 aliphatic carbocycles. The van der Waals surface area contributed by atoms with Gasteiger partial charge in [-0.1, -0.05) is 55.2 Å². The van der Waals surface area contributed by atoms with Gasteiger partial charge >= 0.3 is 0 Å². The Balaban J connectivity index is 1.87. The minimum atomic E-state index is -0.366. The fraction of sp³-hybridized carbons (Fsp3) is 0.250. The van der Waals surface area contributed by atoms with Gasteiger partial charge in [-0.2, -0.15) is 0 Å². The molecule has 0 saturated heterocycles. The summed E-state index contributed by atoms with van der Waals surface area (Å²) in [5.74, 6) is 0.0120. The summed E-state index contributed by atoms with van der Waals surface area (Å²) in [6, 6.07) is 10.7. The van der Waals surface area contributed by atoms with E-state index in [4.69, 9.17) is 23.2 Å². The monoisotopic (exact) mass is 403 g/mol. The van der Waals surface area contributed by atoms with E-state index in [2.05, 4.69) is 24.1 Å². The third kappa shape index (κ3) is 4.15. The van der Waals surface area contributed by atoms with Crippen LogP contribution in [0.5, 0.6) is 0 Å². The van der Waals surface area contributed by atoms with Crippen LogP contribution in [0.4, 0.5) is 5.69 Å². The van der Waals surface area contributed by atoms with Crippen molar-refractivity contribution in [3.8, 4) is 0 Å². The molecule has 1 N–H and O–H groups in total. The van der Waals surface area contributed by atoms with Crippen LogP contribution in [0.3, 0.4) is 0 Å². The van der Waals surface area contributed by atoms with Crippen molar-refractivity contribution in [3.05, 3.63) is 68.7 Å². The van der Waals surface area contributed by atoms with Crippen LogP contribution in [0.1, 0.15) is 31.7 Å². The standard InChI is InChI=1S/C20H19Cl2N3O2/c1-3-12(2)14-6-4-5-7-17(14)24-18(26)10-25-11-23-19-15(20(25)27)8-13(21)9-16(19)22/h4-9,11-12H,3,10H2,1-2H3,(H,24,26)/t12-/m1/s1. The van der Waals surface area contributed by atoms with E-state index in [1.54, 1.807) is 0 Å². The maximum Gasteiger partial charge on any atom is 0.261 e. The van der Waals surface area contributed by atoms with Crippen LogP contribution in [-0.4, -0.2) is 15.5 Å². The lowest BCUT2D eigenvalue weighted by atomic mass is 9.97. The second-order valence-corrected chi connectivity index (χ2v) is 7.25. The van der Waals surface area contributed by atoms with Gasteiger partial charge in [0, 0.05) is 10.7 Å². The molecule has 0 fully saturated rings. The summed E-state index contributed by atoms with van der Waals surface area (Å²) in [6.45, 7) is 4.05. The number of carbonyl (C=O) groups is 1. The van der Waals surface area contributed by atoms with Crippen LogP contribution in [0.25, 0.3) is 10.9 Å². The van der Waals surface area contributed by atoms with Crippen molar-refractivity contribution >= 4 is 45.7 Å². The van der Waals surface area contributed by atoms with Crippen molar-refractivity contribution in [2.24, 2.45) is 0 Å². The van der Waals surface area contributed by atoms with E-state index >= 15 is 0 Å². The highest BCUT2D eigenvalue weighted by molar-refractivity contribution is 6.38. The lowest BCUT2D eigenvalue weighted by Crippen LogP contribution is -2.28. The number of para-hydroxylation sites is 1. The summed E-state index contributed by atoms with van der Waals surface area (Å²) in [6.07, 6.45) is 2.28. The van der Waals surface area contributed by atoms with Gasteiger partial charge in [0.15, 0.2) is 0 Å². The number of hydrogen-bond donors (Lipinski definition) is 1. The smallest absolute Gasteiger partial charge is 0.261 e. The summed E-state index contributed by atoms with van der Waals surface area (Å²) in [7, 11) is 0. The van der Waals surface area contributed by atoms with Crippen molar-refractivity contribution in [1.29, 1.82) is 0 Å². The Labute approximate surface area is 166 Å². The Morgan fingerprint density at radius 3 is 2.74 bits per heavy atom. The third-order valence-electron chi connectivity index (χ3n) is 4.54. The van der Waals surface area contributed by atoms with E-state index in [0.29, 0.717) is 21.5 Å². The van der Waals surface area contributed by atoms with Gasteiger partial charge < -0.3 is 5.32 Å². The normalized spacial score (nSPS) is 12.1. The summed E-state index contributed by atoms with van der Waals surface area (Å²) in [5.41, 5.74) is 1.82. The maximum atomic E-state index is 12.7. The van der Waals surface area contributed by atoms with Gasteiger partial charge in [0.2, 0.25) is 5.91 Å². The van der Waals surface area contributed by atoms with E-state index in [0.717, 1.165) is 17.7 Å². The van der Waals surface area contributed by atoms with E-state index < -0.39 is 0 Å². The number of anilines is 1. The van der Waals surface area contributed by atoms with Crippen LogP contribution in [0.2, 0.25) is 10.0 Å². The number of nitrogens with one attached hydrogen (secondary N) is 1. The molecule has 1 heterocycles. The molecule has 0 unspecified atom stereocenters. The lowest BCUT2D eigenvalue weighted by Gasteiger charge is -2.16. The van der Waals surface area contributed by atoms with E-state index in [-0.39, 0.29) is 23.4 Å². The Hall–Kier alpha value is -2.37. The summed E-state index contributed by atoms with van der Waals surface area (Å²) >= 11 is 12.1. The van der Waals surface area contributed by atoms with Gasteiger partial charge in [-0.3, -0.25) is 14.2 Å². The van der Waals surface area contributed by atoms with E-state index in [1.807, 2.05) is 24.3 Å². The second kappa shape index (κ2) is 8.11. The number of fused-ring (bicyclic) bond motifs is 1. The lowest BCUT2D eigenvalue weighted by molar-refractivity contribution is -0.116. The fourth-order valence-corrected chi connectivity index (χ4v) is 3.45. The number of rotatable bonds is 5. The predicted molar refractivity (Wildman–Crippen MR) is 110 cm³/mol. The molecular weight excluding hydrogens is 385 g/mol. The summed E-state index contributed by atoms with van der Waals surface area (Å²) < 4.78 is 1.25. The minimum Gasteiger partial charge on any atom is -0.324 e. The van der Waals surface area contributed by atoms with Gasteiger partial charge in [0.05, 0.1) is 22.3 Å². The van der Waals surface area contributed by atoms with Crippen LogP contribution in [0, 0.1) is 0 Å². The molecule has 0 aliphatic rings. The summed E-state index contributed by atoms with van der Waals surface area (Å²) in [5, 5.41) is 3.82. The van der Waals surface area contributed by atoms with Crippen molar-refractivity contribution < 1.29 is 4.79 Å². The summed E-state index contributed by atoms with van der Waals surface area (Å²) in [4.78, 5) is 29.4. The average Bonchev–Trinajstić information content (AvgIpc) is 2.64. The molecule has 2 aromatic carbocycles. The molecule has 0 spiro atoms. The van der Waals surface area contributed by atoms with Crippen LogP contribution in [0.15, 0.2) is 47.5 Å². The van der Waals surface area contributed by atoms with E-state index in [9.17, 15) is 9.59 Å². The molecule has 3 rings (SSSR count). The molecule has 0 radical (unpaired) electrons. The van der Waals surface area contributed by atoms with Crippen LogP contribution in [-0.2, 0) is 11.3 Å². The Bertz CT molecular complexity index is 1060. The largest absolute Gasteiger partial charge is 0.324 e. The molecule has 3 aromatic rings. The quantitative estimate of drug-likeness (QED) is 0.661. The first kappa shape index (κ1) is 19.4. The zero-order valence-corrected chi connectivity index (χ0v) is 16.5. The van der Waals surface area contributed by atoms with Crippen molar-refractivity contribution in [3.63, 3.8) is 0 Å². The first-order chi connectivity index (χ1) is 12.9. The molecule has 0 saturated carbocycles. The molecule has 5 nitrogen and oxygen atoms in total. The van der Waals surface area contributed by atoms with Gasteiger partial charge in [-0.25, -0.2) is 4.98 Å². The molecule has 140 valence electrons. The van der Waals surface area contributed by atoms with Crippen molar-refractivity contribution in [2.75, 3.05) is 5.32 Å². The Morgan fingerprint density at radius 1 is 1.26 bits per heavy atom. The molecular formula is C20H19Cl2N3O2. The minimum absolute atomic E-state index is 0.152. The predicted octanol–water partition coefficient (Wildman–Crippen LogP) is 4.86. The second-order valence-electron chi connectivity index (χ2n) is 6.41. The first-order valence-electron chi connectivity index (χ1n) is 8.63.